The normalized spacial score (nSPS) is 28.5. The molecule has 4 heteroatoms. The Labute approximate surface area is 135 Å². The fourth-order valence-corrected chi connectivity index (χ4v) is 5.01. The van der Waals surface area contributed by atoms with E-state index in [-0.39, 0.29) is 5.60 Å². The minimum Gasteiger partial charge on any atom is -0.374 e. The van der Waals surface area contributed by atoms with Crippen LogP contribution < -0.4 is 5.32 Å². The Morgan fingerprint density at radius 2 is 2.27 bits per heavy atom. The highest BCUT2D eigenvalue weighted by Crippen LogP contribution is 2.38. The molecule has 4 rings (SSSR count). The zero-order valence-electron chi connectivity index (χ0n) is 12.8. The van der Waals surface area contributed by atoms with E-state index < -0.39 is 0 Å². The fourth-order valence-electron chi connectivity index (χ4n) is 3.63. The van der Waals surface area contributed by atoms with Gasteiger partial charge in [0, 0.05) is 36.5 Å². The van der Waals surface area contributed by atoms with Crippen LogP contribution in [0.2, 0.25) is 0 Å². The molecule has 2 fully saturated rings. The molecule has 0 aliphatic carbocycles. The highest BCUT2D eigenvalue weighted by Gasteiger charge is 2.40. The third-order valence-corrected chi connectivity index (χ3v) is 6.08. The molecule has 0 saturated carbocycles. The molecule has 1 aromatic carbocycles. The lowest BCUT2D eigenvalue weighted by atomic mass is 9.90. The summed E-state index contributed by atoms with van der Waals surface area (Å²) in [6, 6.07) is 11.1. The predicted molar refractivity (Wildman–Crippen MR) is 92.2 cm³/mol. The van der Waals surface area contributed by atoms with Gasteiger partial charge in [-0.2, -0.15) is 11.8 Å². The van der Waals surface area contributed by atoms with Crippen LogP contribution in [-0.2, 0) is 11.3 Å². The molecule has 0 unspecified atom stereocenters. The minimum absolute atomic E-state index is 0.150. The maximum absolute atomic E-state index is 6.11. The molecule has 0 radical (unpaired) electrons. The van der Waals surface area contributed by atoms with Crippen molar-refractivity contribution in [2.45, 2.75) is 37.5 Å². The zero-order valence-corrected chi connectivity index (χ0v) is 13.6. The molecular weight excluding hydrogens is 292 g/mol. The summed E-state index contributed by atoms with van der Waals surface area (Å²) >= 11 is 2.04. The molecule has 2 aromatic rings. The van der Waals surface area contributed by atoms with Crippen molar-refractivity contribution in [2.24, 2.45) is 0 Å². The van der Waals surface area contributed by atoms with E-state index in [0.717, 1.165) is 31.5 Å². The van der Waals surface area contributed by atoms with E-state index >= 15 is 0 Å². The summed E-state index contributed by atoms with van der Waals surface area (Å²) < 4.78 is 6.11. The van der Waals surface area contributed by atoms with Crippen LogP contribution in [0.3, 0.4) is 0 Å². The predicted octanol–water partition coefficient (Wildman–Crippen LogP) is 3.38. The van der Waals surface area contributed by atoms with Gasteiger partial charge < -0.3 is 10.1 Å². The number of nitrogens with one attached hydrogen (secondary N) is 1. The number of pyridine rings is 1. The molecule has 1 aromatic heterocycles. The second-order valence-corrected chi connectivity index (χ2v) is 7.50. The number of aromatic nitrogens is 1. The van der Waals surface area contributed by atoms with Crippen molar-refractivity contribution in [3.05, 3.63) is 42.1 Å². The van der Waals surface area contributed by atoms with E-state index in [0.29, 0.717) is 6.04 Å². The van der Waals surface area contributed by atoms with Crippen LogP contribution in [0.25, 0.3) is 10.9 Å². The highest BCUT2D eigenvalue weighted by atomic mass is 32.2. The number of para-hydroxylation sites is 1. The maximum atomic E-state index is 6.11. The van der Waals surface area contributed by atoms with Gasteiger partial charge >= 0.3 is 0 Å². The van der Waals surface area contributed by atoms with E-state index in [9.17, 15) is 0 Å². The third-order valence-electron chi connectivity index (χ3n) is 4.86. The molecule has 3 nitrogen and oxygen atoms in total. The van der Waals surface area contributed by atoms with Gasteiger partial charge in [-0.3, -0.25) is 4.98 Å². The van der Waals surface area contributed by atoms with E-state index in [1.165, 1.54) is 28.9 Å². The van der Waals surface area contributed by atoms with Crippen molar-refractivity contribution >= 4 is 22.7 Å². The van der Waals surface area contributed by atoms with Gasteiger partial charge in [0.05, 0.1) is 11.1 Å². The van der Waals surface area contributed by atoms with E-state index in [4.69, 9.17) is 4.74 Å². The second kappa shape index (κ2) is 6.19. The second-order valence-electron chi connectivity index (χ2n) is 6.40. The van der Waals surface area contributed by atoms with Crippen LogP contribution in [0.15, 0.2) is 36.5 Å². The fraction of sp³-hybridized carbons (Fsp3) is 0.500. The summed E-state index contributed by atoms with van der Waals surface area (Å²) in [5, 5.41) is 4.97. The lowest BCUT2D eigenvalue weighted by molar-refractivity contribution is -0.0702. The topological polar surface area (TPSA) is 34.2 Å². The Morgan fingerprint density at radius 3 is 3.18 bits per heavy atom. The van der Waals surface area contributed by atoms with E-state index in [2.05, 4.69) is 34.6 Å². The molecule has 2 aliphatic heterocycles. The van der Waals surface area contributed by atoms with Gasteiger partial charge in [-0.1, -0.05) is 24.3 Å². The molecule has 22 heavy (non-hydrogen) atoms. The number of nitrogens with zero attached hydrogens (tertiary/aromatic N) is 1. The van der Waals surface area contributed by atoms with Crippen molar-refractivity contribution in [3.8, 4) is 0 Å². The van der Waals surface area contributed by atoms with Crippen LogP contribution in [-0.4, -0.2) is 34.7 Å². The van der Waals surface area contributed by atoms with Gasteiger partial charge in [-0.15, -0.1) is 0 Å². The molecule has 3 heterocycles. The van der Waals surface area contributed by atoms with Crippen LogP contribution in [0.4, 0.5) is 0 Å². The summed E-state index contributed by atoms with van der Waals surface area (Å²) in [5.41, 5.74) is 2.56. The number of rotatable bonds is 3. The first kappa shape index (κ1) is 14.5. The molecule has 2 atom stereocenters. The molecule has 2 aliphatic rings. The largest absolute Gasteiger partial charge is 0.374 e. The van der Waals surface area contributed by atoms with Gasteiger partial charge in [0.15, 0.2) is 0 Å². The van der Waals surface area contributed by atoms with Crippen LogP contribution >= 0.6 is 11.8 Å². The zero-order chi connectivity index (χ0) is 14.8. The average Bonchev–Trinajstić information content (AvgIpc) is 3.00. The van der Waals surface area contributed by atoms with Gasteiger partial charge in [-0.25, -0.2) is 0 Å². The van der Waals surface area contributed by atoms with Gasteiger partial charge in [-0.05, 0) is 36.6 Å². The Balaban J connectivity index is 1.45. The van der Waals surface area contributed by atoms with Crippen molar-refractivity contribution in [2.75, 3.05) is 18.1 Å². The van der Waals surface area contributed by atoms with E-state index in [1.54, 1.807) is 0 Å². The number of fused-ring (bicyclic) bond motifs is 1. The quantitative estimate of drug-likeness (QED) is 0.942. The minimum atomic E-state index is 0.150. The first-order valence-electron chi connectivity index (χ1n) is 8.12. The van der Waals surface area contributed by atoms with Gasteiger partial charge in [0.25, 0.3) is 0 Å². The molecule has 1 spiro atoms. The van der Waals surface area contributed by atoms with Crippen molar-refractivity contribution in [1.29, 1.82) is 0 Å². The monoisotopic (exact) mass is 314 g/mol. The molecule has 1 N–H and O–H groups in total. The average molecular weight is 314 g/mol. The first-order chi connectivity index (χ1) is 10.8. The first-order valence-corrected chi connectivity index (χ1v) is 9.28. The van der Waals surface area contributed by atoms with Crippen LogP contribution in [0.1, 0.15) is 24.8 Å². The lowest BCUT2D eigenvalue weighted by Gasteiger charge is -2.38. The number of benzene rings is 1. The Bertz CT molecular complexity index is 649. The van der Waals surface area contributed by atoms with E-state index in [1.807, 2.05) is 24.0 Å². The summed E-state index contributed by atoms with van der Waals surface area (Å²) in [4.78, 5) is 4.55. The van der Waals surface area contributed by atoms with Gasteiger partial charge in [0.2, 0.25) is 0 Å². The van der Waals surface area contributed by atoms with Crippen LogP contribution in [0.5, 0.6) is 0 Å². The SMILES string of the molecule is c1cnc2c(CN[C@@H]3CCO[C@]4(CCSC4)C3)cccc2c1. The number of thioether (sulfide) groups is 1. The summed E-state index contributed by atoms with van der Waals surface area (Å²) in [7, 11) is 0. The molecule has 0 bridgehead atoms. The van der Waals surface area contributed by atoms with Crippen molar-refractivity contribution < 1.29 is 4.74 Å². The number of hydrogen-bond donors (Lipinski definition) is 1. The van der Waals surface area contributed by atoms with Crippen molar-refractivity contribution in [1.82, 2.24) is 10.3 Å². The molecular formula is C18H22N2OS. The Kier molecular flexibility index (Phi) is 4.07. The molecule has 0 amide bonds. The Hall–Kier alpha value is -1.10. The molecule has 2 saturated heterocycles. The van der Waals surface area contributed by atoms with Gasteiger partial charge in [0.1, 0.15) is 0 Å². The molecule has 116 valence electrons. The maximum Gasteiger partial charge on any atom is 0.0795 e. The number of hydrogen-bond acceptors (Lipinski definition) is 4. The van der Waals surface area contributed by atoms with Crippen molar-refractivity contribution in [3.63, 3.8) is 0 Å². The third kappa shape index (κ3) is 2.87. The van der Waals surface area contributed by atoms with Crippen LogP contribution in [0, 0.1) is 0 Å². The standard InChI is InChI=1S/C18H22N2OS/c1-3-14-5-2-8-19-17(14)15(4-1)12-20-16-6-9-21-18(11-16)7-10-22-13-18/h1-5,8,16,20H,6-7,9-13H2/t16-,18-/m1/s1. The lowest BCUT2D eigenvalue weighted by Crippen LogP contribution is -2.47. The number of ether oxygens (including phenoxy) is 1. The summed E-state index contributed by atoms with van der Waals surface area (Å²) in [6.45, 7) is 1.79. The smallest absolute Gasteiger partial charge is 0.0795 e. The summed E-state index contributed by atoms with van der Waals surface area (Å²) in [5.74, 6) is 2.42. The highest BCUT2D eigenvalue weighted by molar-refractivity contribution is 7.99. The Morgan fingerprint density at radius 1 is 1.32 bits per heavy atom. The summed E-state index contributed by atoms with van der Waals surface area (Å²) in [6.07, 6.45) is 5.36.